The summed E-state index contributed by atoms with van der Waals surface area (Å²) in [5.41, 5.74) is -1.99. The standard InChI is InChI=1S/C23H34N2O5/c1-16(26)30-17-9-7-8-13-23(6,14-12-17)20(29)24-21(2,3)15-22(4,5)25-18(27)10-11-19(25)28/h7,9-11,17H,8,12-15H2,1-6H3,(H,24,29)/b9-7+/t17-,23+/m0/s1. The Morgan fingerprint density at radius 3 is 2.33 bits per heavy atom. The van der Waals surface area contributed by atoms with Gasteiger partial charge in [-0.15, -0.1) is 0 Å². The van der Waals surface area contributed by atoms with Crippen molar-refractivity contribution in [2.75, 3.05) is 0 Å². The Morgan fingerprint density at radius 1 is 1.17 bits per heavy atom. The topological polar surface area (TPSA) is 92.8 Å². The maximum absolute atomic E-state index is 13.3. The minimum Gasteiger partial charge on any atom is -0.458 e. The molecular formula is C23H34N2O5. The summed E-state index contributed by atoms with van der Waals surface area (Å²) in [5, 5.41) is 3.14. The lowest BCUT2D eigenvalue weighted by Gasteiger charge is -2.42. The maximum atomic E-state index is 13.3. The molecule has 2 aliphatic rings. The number of nitrogens with zero attached hydrogens (tertiary/aromatic N) is 1. The molecule has 0 unspecified atom stereocenters. The summed E-state index contributed by atoms with van der Waals surface area (Å²) >= 11 is 0. The first-order valence-corrected chi connectivity index (χ1v) is 10.5. The highest BCUT2D eigenvalue weighted by Gasteiger charge is 2.43. The fraction of sp³-hybridized carbons (Fsp3) is 0.652. The van der Waals surface area contributed by atoms with Gasteiger partial charge in [-0.25, -0.2) is 0 Å². The molecule has 0 bridgehead atoms. The van der Waals surface area contributed by atoms with Crippen molar-refractivity contribution < 1.29 is 23.9 Å². The third-order valence-corrected chi connectivity index (χ3v) is 5.80. The lowest BCUT2D eigenvalue weighted by molar-refractivity contribution is -0.145. The first-order chi connectivity index (χ1) is 13.8. The van der Waals surface area contributed by atoms with Gasteiger partial charge in [0.05, 0.1) is 0 Å². The van der Waals surface area contributed by atoms with Crippen LogP contribution >= 0.6 is 0 Å². The zero-order valence-electron chi connectivity index (χ0n) is 18.9. The molecule has 0 saturated heterocycles. The SMILES string of the molecule is CC(=O)O[C@H]1/C=C/CC[C@@](C)(C(=O)NC(C)(C)CC(C)(C)N2C(=O)C=CC2=O)CC1. The van der Waals surface area contributed by atoms with E-state index in [2.05, 4.69) is 5.32 Å². The average molecular weight is 419 g/mol. The van der Waals surface area contributed by atoms with E-state index in [0.29, 0.717) is 25.7 Å². The first kappa shape index (κ1) is 23.8. The molecule has 7 heteroatoms. The monoisotopic (exact) mass is 418 g/mol. The second kappa shape index (κ2) is 8.74. The summed E-state index contributed by atoms with van der Waals surface area (Å²) in [6.45, 7) is 10.8. The van der Waals surface area contributed by atoms with Crippen LogP contribution in [0.15, 0.2) is 24.3 Å². The van der Waals surface area contributed by atoms with E-state index in [1.165, 1.54) is 24.0 Å². The van der Waals surface area contributed by atoms with Crippen LogP contribution in [0.2, 0.25) is 0 Å². The van der Waals surface area contributed by atoms with Gasteiger partial charge in [0.2, 0.25) is 5.91 Å². The molecule has 0 aromatic rings. The number of carbonyl (C=O) groups is 4. The Kier molecular flexibility index (Phi) is 6.94. The Morgan fingerprint density at radius 2 is 1.77 bits per heavy atom. The molecule has 1 heterocycles. The van der Waals surface area contributed by atoms with Crippen molar-refractivity contribution in [2.24, 2.45) is 5.41 Å². The van der Waals surface area contributed by atoms with E-state index in [0.717, 1.165) is 6.42 Å². The van der Waals surface area contributed by atoms with Gasteiger partial charge in [0.15, 0.2) is 0 Å². The maximum Gasteiger partial charge on any atom is 0.303 e. The van der Waals surface area contributed by atoms with Crippen molar-refractivity contribution >= 4 is 23.7 Å². The summed E-state index contributed by atoms with van der Waals surface area (Å²) in [4.78, 5) is 50.0. The molecular weight excluding hydrogens is 384 g/mol. The van der Waals surface area contributed by atoms with Gasteiger partial charge in [0.1, 0.15) is 6.10 Å². The van der Waals surface area contributed by atoms with Gasteiger partial charge in [-0.3, -0.25) is 24.1 Å². The molecule has 30 heavy (non-hydrogen) atoms. The number of amides is 3. The molecule has 7 nitrogen and oxygen atoms in total. The van der Waals surface area contributed by atoms with Crippen LogP contribution in [-0.4, -0.2) is 45.8 Å². The molecule has 0 fully saturated rings. The lowest BCUT2D eigenvalue weighted by Crippen LogP contribution is -2.57. The highest BCUT2D eigenvalue weighted by molar-refractivity contribution is 6.13. The number of ether oxygens (including phenoxy) is 1. The summed E-state index contributed by atoms with van der Waals surface area (Å²) in [6, 6.07) is 0. The highest BCUT2D eigenvalue weighted by atomic mass is 16.5. The number of rotatable bonds is 6. The molecule has 0 spiro atoms. The Balaban J connectivity index is 2.07. The van der Waals surface area contributed by atoms with Crippen molar-refractivity contribution in [1.82, 2.24) is 10.2 Å². The fourth-order valence-electron chi connectivity index (χ4n) is 4.53. The zero-order chi connectivity index (χ0) is 22.7. The van der Waals surface area contributed by atoms with E-state index < -0.39 is 16.5 Å². The van der Waals surface area contributed by atoms with Crippen LogP contribution in [0, 0.1) is 5.41 Å². The van der Waals surface area contributed by atoms with Gasteiger partial charge >= 0.3 is 5.97 Å². The zero-order valence-corrected chi connectivity index (χ0v) is 18.9. The molecule has 0 aromatic carbocycles. The third kappa shape index (κ3) is 5.80. The van der Waals surface area contributed by atoms with Gasteiger partial charge in [-0.05, 0) is 65.9 Å². The van der Waals surface area contributed by atoms with Gasteiger partial charge in [-0.1, -0.05) is 13.0 Å². The predicted octanol–water partition coefficient (Wildman–Crippen LogP) is 3.04. The molecule has 1 aliphatic heterocycles. The second-order valence-corrected chi connectivity index (χ2v) is 9.89. The number of carbonyl (C=O) groups excluding carboxylic acids is 4. The van der Waals surface area contributed by atoms with Gasteiger partial charge < -0.3 is 10.1 Å². The molecule has 3 amide bonds. The first-order valence-electron chi connectivity index (χ1n) is 10.5. The smallest absolute Gasteiger partial charge is 0.303 e. The fourth-order valence-corrected chi connectivity index (χ4v) is 4.53. The van der Waals surface area contributed by atoms with Crippen molar-refractivity contribution in [2.45, 2.75) is 90.8 Å². The number of esters is 1. The largest absolute Gasteiger partial charge is 0.458 e. The Labute approximate surface area is 178 Å². The normalized spacial score (nSPS) is 26.2. The Hall–Kier alpha value is -2.44. The van der Waals surface area contributed by atoms with Gasteiger partial charge in [-0.2, -0.15) is 0 Å². The van der Waals surface area contributed by atoms with Crippen LogP contribution in [0.3, 0.4) is 0 Å². The Bertz CT molecular complexity index is 762. The van der Waals surface area contributed by atoms with E-state index in [9.17, 15) is 19.2 Å². The van der Waals surface area contributed by atoms with Crippen molar-refractivity contribution in [1.29, 1.82) is 0 Å². The minimum atomic E-state index is -0.751. The quantitative estimate of drug-likeness (QED) is 0.407. The van der Waals surface area contributed by atoms with E-state index in [1.807, 2.05) is 46.8 Å². The van der Waals surface area contributed by atoms with E-state index in [4.69, 9.17) is 4.74 Å². The summed E-state index contributed by atoms with van der Waals surface area (Å²) in [6.07, 6.45) is 9.08. The van der Waals surface area contributed by atoms with Crippen LogP contribution in [-0.2, 0) is 23.9 Å². The third-order valence-electron chi connectivity index (χ3n) is 5.80. The molecule has 2 rings (SSSR count). The minimum absolute atomic E-state index is 0.0719. The number of imide groups is 1. The summed E-state index contributed by atoms with van der Waals surface area (Å²) in [7, 11) is 0. The van der Waals surface area contributed by atoms with Crippen molar-refractivity contribution in [3.05, 3.63) is 24.3 Å². The van der Waals surface area contributed by atoms with Crippen LogP contribution < -0.4 is 5.32 Å². The number of nitrogens with one attached hydrogen (secondary N) is 1. The van der Waals surface area contributed by atoms with Crippen LogP contribution in [0.1, 0.15) is 73.6 Å². The van der Waals surface area contributed by atoms with Crippen LogP contribution in [0.25, 0.3) is 0 Å². The van der Waals surface area contributed by atoms with Crippen molar-refractivity contribution in [3.63, 3.8) is 0 Å². The van der Waals surface area contributed by atoms with Crippen LogP contribution in [0.4, 0.5) is 0 Å². The number of hydrogen-bond acceptors (Lipinski definition) is 5. The summed E-state index contributed by atoms with van der Waals surface area (Å²) in [5.74, 6) is -1.07. The molecule has 1 aliphatic carbocycles. The molecule has 0 saturated carbocycles. The van der Waals surface area contributed by atoms with Crippen LogP contribution in [0.5, 0.6) is 0 Å². The highest BCUT2D eigenvalue weighted by Crippen LogP contribution is 2.35. The number of hydrogen-bond donors (Lipinski definition) is 1. The predicted molar refractivity (Wildman–Crippen MR) is 113 cm³/mol. The second-order valence-electron chi connectivity index (χ2n) is 9.89. The molecule has 0 radical (unpaired) electrons. The van der Waals surface area contributed by atoms with Gasteiger partial charge in [0.25, 0.3) is 11.8 Å². The molecule has 166 valence electrons. The molecule has 1 N–H and O–H groups in total. The van der Waals surface area contributed by atoms with Crippen molar-refractivity contribution in [3.8, 4) is 0 Å². The van der Waals surface area contributed by atoms with E-state index >= 15 is 0 Å². The average Bonchev–Trinajstić information content (AvgIpc) is 2.92. The van der Waals surface area contributed by atoms with Gasteiger partial charge in [0, 0.05) is 35.6 Å². The molecule has 0 aromatic heterocycles. The van der Waals surface area contributed by atoms with E-state index in [1.54, 1.807) is 0 Å². The van der Waals surface area contributed by atoms with E-state index in [-0.39, 0.29) is 29.8 Å². The molecule has 2 atom stereocenters. The number of allylic oxidation sites excluding steroid dienone is 1. The summed E-state index contributed by atoms with van der Waals surface area (Å²) < 4.78 is 5.31. The lowest BCUT2D eigenvalue weighted by atomic mass is 9.76.